The van der Waals surface area contributed by atoms with Crippen molar-refractivity contribution in [2.45, 2.75) is 18.9 Å². The number of rotatable bonds is 3. The van der Waals surface area contributed by atoms with Crippen LogP contribution in [-0.4, -0.2) is 32.2 Å². The molecule has 2 N–H and O–H groups in total. The lowest BCUT2D eigenvalue weighted by Gasteiger charge is -2.23. The standard InChI is InChI=1S/C13H18N2O2/c1-14-11-4-2-10(3-5-11)13(16)15-12-6-8-17-9-7-12/h2-5,12,14H,6-9H2,1H3,(H,15,16). The number of carbonyl (C=O) groups excluding carboxylic acids is 1. The molecule has 4 heteroatoms. The lowest BCUT2D eigenvalue weighted by Crippen LogP contribution is -2.38. The Morgan fingerprint density at radius 1 is 1.24 bits per heavy atom. The van der Waals surface area contributed by atoms with Gasteiger partial charge in [-0.2, -0.15) is 0 Å². The number of amides is 1. The van der Waals surface area contributed by atoms with Crippen molar-refractivity contribution in [3.8, 4) is 0 Å². The van der Waals surface area contributed by atoms with Gasteiger partial charge in [-0.25, -0.2) is 0 Å². The summed E-state index contributed by atoms with van der Waals surface area (Å²) < 4.78 is 5.26. The Labute approximate surface area is 101 Å². The largest absolute Gasteiger partial charge is 0.388 e. The van der Waals surface area contributed by atoms with E-state index in [0.29, 0.717) is 5.56 Å². The first-order valence-electron chi connectivity index (χ1n) is 5.96. The van der Waals surface area contributed by atoms with Gasteiger partial charge in [-0.1, -0.05) is 0 Å². The van der Waals surface area contributed by atoms with Gasteiger partial charge >= 0.3 is 0 Å². The molecule has 1 aliphatic heterocycles. The van der Waals surface area contributed by atoms with Crippen molar-refractivity contribution in [2.75, 3.05) is 25.6 Å². The zero-order chi connectivity index (χ0) is 12.1. The minimum absolute atomic E-state index is 0.000414. The minimum atomic E-state index is -0.000414. The van der Waals surface area contributed by atoms with E-state index in [1.54, 1.807) is 0 Å². The molecule has 4 nitrogen and oxygen atoms in total. The van der Waals surface area contributed by atoms with E-state index >= 15 is 0 Å². The van der Waals surface area contributed by atoms with Gasteiger partial charge in [0.2, 0.25) is 0 Å². The first-order chi connectivity index (χ1) is 8.29. The molecular formula is C13H18N2O2. The zero-order valence-corrected chi connectivity index (χ0v) is 10.0. The molecule has 2 rings (SSSR count). The van der Waals surface area contributed by atoms with Gasteiger partial charge in [-0.15, -0.1) is 0 Å². The fraction of sp³-hybridized carbons (Fsp3) is 0.462. The second-order valence-corrected chi connectivity index (χ2v) is 4.19. The van der Waals surface area contributed by atoms with Crippen LogP contribution in [0.25, 0.3) is 0 Å². The SMILES string of the molecule is CNc1ccc(C(=O)NC2CCOCC2)cc1. The summed E-state index contributed by atoms with van der Waals surface area (Å²) in [6, 6.07) is 7.72. The van der Waals surface area contributed by atoms with Crippen molar-refractivity contribution in [1.82, 2.24) is 5.32 Å². The number of anilines is 1. The Bertz CT molecular complexity index is 370. The van der Waals surface area contributed by atoms with E-state index in [-0.39, 0.29) is 11.9 Å². The molecule has 17 heavy (non-hydrogen) atoms. The van der Waals surface area contributed by atoms with Crippen LogP contribution in [0.15, 0.2) is 24.3 Å². The Morgan fingerprint density at radius 3 is 2.47 bits per heavy atom. The number of ether oxygens (including phenoxy) is 1. The molecule has 1 aromatic carbocycles. The lowest BCUT2D eigenvalue weighted by atomic mass is 10.1. The molecule has 1 aliphatic rings. The molecule has 0 aliphatic carbocycles. The van der Waals surface area contributed by atoms with Gasteiger partial charge in [0.05, 0.1) is 0 Å². The Kier molecular flexibility index (Phi) is 3.98. The lowest BCUT2D eigenvalue weighted by molar-refractivity contribution is 0.0696. The van der Waals surface area contributed by atoms with E-state index < -0.39 is 0 Å². The average molecular weight is 234 g/mol. The molecule has 0 bridgehead atoms. The van der Waals surface area contributed by atoms with Crippen LogP contribution in [0, 0.1) is 0 Å². The summed E-state index contributed by atoms with van der Waals surface area (Å²) in [6.45, 7) is 1.48. The van der Waals surface area contributed by atoms with Crippen LogP contribution >= 0.6 is 0 Å². The number of hydrogen-bond donors (Lipinski definition) is 2. The van der Waals surface area contributed by atoms with Crippen molar-refractivity contribution in [2.24, 2.45) is 0 Å². The summed E-state index contributed by atoms with van der Waals surface area (Å²) in [5.74, 6) is -0.000414. The van der Waals surface area contributed by atoms with Crippen molar-refractivity contribution in [1.29, 1.82) is 0 Å². The predicted octanol–water partition coefficient (Wildman–Crippen LogP) is 1.64. The number of nitrogens with one attached hydrogen (secondary N) is 2. The van der Waals surface area contributed by atoms with Crippen molar-refractivity contribution in [3.63, 3.8) is 0 Å². The zero-order valence-electron chi connectivity index (χ0n) is 10.0. The Hall–Kier alpha value is -1.55. The monoisotopic (exact) mass is 234 g/mol. The van der Waals surface area contributed by atoms with Crippen LogP contribution in [0.4, 0.5) is 5.69 Å². The van der Waals surface area contributed by atoms with Crippen molar-refractivity contribution < 1.29 is 9.53 Å². The normalized spacial score (nSPS) is 16.5. The van der Waals surface area contributed by atoms with Crippen LogP contribution in [0.1, 0.15) is 23.2 Å². The molecule has 0 saturated carbocycles. The van der Waals surface area contributed by atoms with Crippen molar-refractivity contribution in [3.05, 3.63) is 29.8 Å². The summed E-state index contributed by atoms with van der Waals surface area (Å²) in [5, 5.41) is 6.06. The highest BCUT2D eigenvalue weighted by Gasteiger charge is 2.16. The molecule has 1 saturated heterocycles. The smallest absolute Gasteiger partial charge is 0.251 e. The maximum absolute atomic E-state index is 11.9. The molecule has 1 aromatic rings. The van der Waals surface area contributed by atoms with E-state index in [1.807, 2.05) is 31.3 Å². The van der Waals surface area contributed by atoms with E-state index in [9.17, 15) is 4.79 Å². The first-order valence-corrected chi connectivity index (χ1v) is 5.96. The Morgan fingerprint density at radius 2 is 1.88 bits per heavy atom. The van der Waals surface area contributed by atoms with E-state index in [0.717, 1.165) is 31.7 Å². The van der Waals surface area contributed by atoms with Crippen LogP contribution in [0.5, 0.6) is 0 Å². The highest BCUT2D eigenvalue weighted by atomic mass is 16.5. The third kappa shape index (κ3) is 3.20. The number of benzene rings is 1. The average Bonchev–Trinajstić information content (AvgIpc) is 2.40. The molecular weight excluding hydrogens is 216 g/mol. The van der Waals surface area contributed by atoms with Crippen LogP contribution in [-0.2, 0) is 4.74 Å². The Balaban J connectivity index is 1.93. The van der Waals surface area contributed by atoms with Crippen molar-refractivity contribution >= 4 is 11.6 Å². The van der Waals surface area contributed by atoms with Crippen LogP contribution in [0.2, 0.25) is 0 Å². The third-order valence-corrected chi connectivity index (χ3v) is 2.99. The van der Waals surface area contributed by atoms with Gasteiger partial charge in [0, 0.05) is 37.6 Å². The molecule has 0 radical (unpaired) electrons. The van der Waals surface area contributed by atoms with E-state index in [2.05, 4.69) is 10.6 Å². The summed E-state index contributed by atoms with van der Waals surface area (Å²) in [7, 11) is 1.86. The minimum Gasteiger partial charge on any atom is -0.388 e. The van der Waals surface area contributed by atoms with E-state index in [1.165, 1.54) is 0 Å². The highest BCUT2D eigenvalue weighted by molar-refractivity contribution is 5.94. The highest BCUT2D eigenvalue weighted by Crippen LogP contribution is 2.11. The van der Waals surface area contributed by atoms with Crippen LogP contribution in [0.3, 0.4) is 0 Å². The summed E-state index contributed by atoms with van der Waals surface area (Å²) in [6.07, 6.45) is 1.81. The molecule has 1 amide bonds. The topological polar surface area (TPSA) is 50.4 Å². The number of carbonyl (C=O) groups is 1. The summed E-state index contributed by atoms with van der Waals surface area (Å²) >= 11 is 0. The maximum atomic E-state index is 11.9. The van der Waals surface area contributed by atoms with Gasteiger partial charge in [0.15, 0.2) is 0 Å². The molecule has 0 unspecified atom stereocenters. The quantitative estimate of drug-likeness (QED) is 0.836. The van der Waals surface area contributed by atoms with Gasteiger partial charge < -0.3 is 15.4 Å². The molecule has 1 fully saturated rings. The van der Waals surface area contributed by atoms with Gasteiger partial charge in [-0.3, -0.25) is 4.79 Å². The van der Waals surface area contributed by atoms with Crippen LogP contribution < -0.4 is 10.6 Å². The molecule has 0 spiro atoms. The number of hydrogen-bond acceptors (Lipinski definition) is 3. The second kappa shape index (κ2) is 5.68. The van der Waals surface area contributed by atoms with Gasteiger partial charge in [0.1, 0.15) is 0 Å². The van der Waals surface area contributed by atoms with Gasteiger partial charge in [0.25, 0.3) is 5.91 Å². The third-order valence-electron chi connectivity index (χ3n) is 2.99. The summed E-state index contributed by atoms with van der Waals surface area (Å²) in [5.41, 5.74) is 1.71. The first kappa shape index (κ1) is 11.9. The van der Waals surface area contributed by atoms with Gasteiger partial charge in [-0.05, 0) is 37.1 Å². The fourth-order valence-electron chi connectivity index (χ4n) is 1.90. The molecule has 0 aromatic heterocycles. The van der Waals surface area contributed by atoms with E-state index in [4.69, 9.17) is 4.74 Å². The molecule has 0 atom stereocenters. The maximum Gasteiger partial charge on any atom is 0.251 e. The second-order valence-electron chi connectivity index (χ2n) is 4.19. The predicted molar refractivity (Wildman–Crippen MR) is 67.3 cm³/mol. The molecule has 1 heterocycles. The summed E-state index contributed by atoms with van der Waals surface area (Å²) in [4.78, 5) is 11.9. The fourth-order valence-corrected chi connectivity index (χ4v) is 1.90. The molecule has 92 valence electrons.